The summed E-state index contributed by atoms with van der Waals surface area (Å²) in [5.41, 5.74) is 5.41. The molecule has 2 fully saturated rings. The summed E-state index contributed by atoms with van der Waals surface area (Å²) in [5.74, 6) is 1.30. The van der Waals surface area contributed by atoms with Gasteiger partial charge in [0.1, 0.15) is 5.71 Å². The fourth-order valence-electron chi connectivity index (χ4n) is 5.02. The SMILES string of the molecule is O=C(NN1CC2CCCC2C1)C1=NN(c2ccc(Cl)cc2Cl)C(c2ccc(Br)cc2)C1. The molecule has 0 spiro atoms. The molecule has 1 amide bonds. The molecule has 3 atom stereocenters. The topological polar surface area (TPSA) is 47.9 Å². The molecule has 3 unspecified atom stereocenters. The first kappa shape index (κ1) is 21.3. The zero-order valence-corrected chi connectivity index (χ0v) is 20.0. The van der Waals surface area contributed by atoms with E-state index in [1.165, 1.54) is 19.3 Å². The quantitative estimate of drug-likeness (QED) is 0.550. The minimum Gasteiger partial charge on any atom is -0.284 e. The number of rotatable bonds is 4. The van der Waals surface area contributed by atoms with E-state index in [0.717, 1.165) is 28.8 Å². The van der Waals surface area contributed by atoms with Gasteiger partial charge in [-0.15, -0.1) is 0 Å². The lowest BCUT2D eigenvalue weighted by atomic mass is 10.0. The second-order valence-corrected chi connectivity index (χ2v) is 10.3. The number of hydrazine groups is 1. The Kier molecular flexibility index (Phi) is 5.99. The van der Waals surface area contributed by atoms with Crippen molar-refractivity contribution in [2.24, 2.45) is 16.9 Å². The highest BCUT2D eigenvalue weighted by atomic mass is 79.9. The molecular weight excluding hydrogens is 499 g/mol. The van der Waals surface area contributed by atoms with Crippen LogP contribution in [0.2, 0.25) is 10.0 Å². The number of amides is 1. The van der Waals surface area contributed by atoms with Crippen molar-refractivity contribution in [2.75, 3.05) is 18.1 Å². The van der Waals surface area contributed by atoms with Crippen LogP contribution in [0.5, 0.6) is 0 Å². The van der Waals surface area contributed by atoms with Gasteiger partial charge in [-0.1, -0.05) is 57.7 Å². The van der Waals surface area contributed by atoms with Crippen LogP contribution in [0.4, 0.5) is 5.69 Å². The Morgan fingerprint density at radius 2 is 1.77 bits per heavy atom. The number of halogens is 3. The van der Waals surface area contributed by atoms with Crippen molar-refractivity contribution in [1.29, 1.82) is 0 Å². The molecular formula is C23H23BrCl2N4O. The minimum atomic E-state index is -0.130. The van der Waals surface area contributed by atoms with Crippen LogP contribution in [0.25, 0.3) is 0 Å². The molecule has 0 bridgehead atoms. The maximum absolute atomic E-state index is 13.1. The molecule has 1 saturated carbocycles. The normalized spacial score (nSPS) is 25.6. The van der Waals surface area contributed by atoms with Crippen LogP contribution < -0.4 is 10.4 Å². The van der Waals surface area contributed by atoms with Crippen LogP contribution in [-0.4, -0.2) is 29.7 Å². The first-order chi connectivity index (χ1) is 15.0. The maximum atomic E-state index is 13.1. The summed E-state index contributed by atoms with van der Waals surface area (Å²) in [4.78, 5) is 13.1. The van der Waals surface area contributed by atoms with E-state index in [1.807, 2.05) is 35.3 Å². The van der Waals surface area contributed by atoms with E-state index in [4.69, 9.17) is 28.3 Å². The molecule has 2 aromatic rings. The number of carbonyl (C=O) groups is 1. The van der Waals surface area contributed by atoms with Gasteiger partial charge >= 0.3 is 0 Å². The molecule has 1 saturated heterocycles. The zero-order chi connectivity index (χ0) is 21.5. The summed E-state index contributed by atoms with van der Waals surface area (Å²) in [7, 11) is 0. The standard InChI is InChI=1S/C23H23BrCl2N4O/c24-17-6-4-14(5-7-17)22-11-20(27-30(22)21-9-8-18(25)10-19(21)26)23(31)28-29-12-15-2-1-3-16(15)13-29/h4-10,15-16,22H,1-3,11-13H2,(H,28,31). The average Bonchev–Trinajstić information content (AvgIpc) is 3.43. The molecule has 162 valence electrons. The van der Waals surface area contributed by atoms with Crippen molar-refractivity contribution >= 4 is 56.4 Å². The predicted octanol–water partition coefficient (Wildman–Crippen LogP) is 5.83. The van der Waals surface area contributed by atoms with Crippen molar-refractivity contribution in [3.63, 3.8) is 0 Å². The Labute approximate surface area is 200 Å². The number of nitrogens with zero attached hydrogens (tertiary/aromatic N) is 3. The van der Waals surface area contributed by atoms with Gasteiger partial charge in [0, 0.05) is 29.0 Å². The van der Waals surface area contributed by atoms with E-state index in [1.54, 1.807) is 12.1 Å². The molecule has 1 aliphatic carbocycles. The number of anilines is 1. The van der Waals surface area contributed by atoms with E-state index in [0.29, 0.717) is 34.0 Å². The fourth-order valence-corrected chi connectivity index (χ4v) is 5.77. The Hall–Kier alpha value is -1.60. The van der Waals surface area contributed by atoms with Gasteiger partial charge in [-0.05, 0) is 60.6 Å². The van der Waals surface area contributed by atoms with E-state index in [2.05, 4.69) is 26.4 Å². The number of hydrazone groups is 1. The number of hydrogen-bond donors (Lipinski definition) is 1. The molecule has 5 rings (SSSR count). The van der Waals surface area contributed by atoms with Crippen LogP contribution in [0.3, 0.4) is 0 Å². The number of fused-ring (bicyclic) bond motifs is 1. The van der Waals surface area contributed by atoms with Crippen molar-refractivity contribution in [1.82, 2.24) is 10.4 Å². The molecule has 2 aromatic carbocycles. The molecule has 2 heterocycles. The summed E-state index contributed by atoms with van der Waals surface area (Å²) in [6.07, 6.45) is 4.36. The molecule has 31 heavy (non-hydrogen) atoms. The summed E-state index contributed by atoms with van der Waals surface area (Å²) >= 11 is 16.1. The lowest BCUT2D eigenvalue weighted by molar-refractivity contribution is -0.119. The molecule has 0 radical (unpaired) electrons. The monoisotopic (exact) mass is 520 g/mol. The van der Waals surface area contributed by atoms with Gasteiger partial charge in [0.05, 0.1) is 16.8 Å². The zero-order valence-electron chi connectivity index (χ0n) is 16.9. The number of hydrogen-bond acceptors (Lipinski definition) is 4. The maximum Gasteiger partial charge on any atom is 0.281 e. The highest BCUT2D eigenvalue weighted by Crippen LogP contribution is 2.40. The lowest BCUT2D eigenvalue weighted by Gasteiger charge is -2.25. The van der Waals surface area contributed by atoms with Crippen LogP contribution in [0, 0.1) is 11.8 Å². The molecule has 0 aromatic heterocycles. The molecule has 3 aliphatic rings. The highest BCUT2D eigenvalue weighted by molar-refractivity contribution is 9.10. The van der Waals surface area contributed by atoms with Crippen LogP contribution >= 0.6 is 39.1 Å². The summed E-state index contributed by atoms with van der Waals surface area (Å²) in [6.45, 7) is 1.87. The minimum absolute atomic E-state index is 0.120. The third kappa shape index (κ3) is 4.36. The first-order valence-electron chi connectivity index (χ1n) is 10.6. The van der Waals surface area contributed by atoms with Crippen LogP contribution in [0.1, 0.15) is 37.3 Å². The molecule has 8 heteroatoms. The Balaban J connectivity index is 1.39. The largest absolute Gasteiger partial charge is 0.284 e. The number of nitrogens with one attached hydrogen (secondary N) is 1. The van der Waals surface area contributed by atoms with Gasteiger partial charge in [-0.3, -0.25) is 15.2 Å². The van der Waals surface area contributed by atoms with E-state index in [-0.39, 0.29) is 11.9 Å². The number of benzene rings is 2. The fraction of sp³-hybridized carbons (Fsp3) is 0.391. The van der Waals surface area contributed by atoms with Crippen molar-refractivity contribution in [3.05, 3.63) is 62.5 Å². The van der Waals surface area contributed by atoms with E-state index < -0.39 is 0 Å². The molecule has 1 N–H and O–H groups in total. The average molecular weight is 522 g/mol. The third-order valence-corrected chi connectivity index (χ3v) is 7.64. The van der Waals surface area contributed by atoms with E-state index in [9.17, 15) is 4.79 Å². The predicted molar refractivity (Wildman–Crippen MR) is 128 cm³/mol. The Bertz CT molecular complexity index is 1020. The summed E-state index contributed by atoms with van der Waals surface area (Å²) in [5, 5.41) is 9.70. The van der Waals surface area contributed by atoms with Crippen LogP contribution in [-0.2, 0) is 4.79 Å². The van der Waals surface area contributed by atoms with Gasteiger partial charge in [0.25, 0.3) is 5.91 Å². The van der Waals surface area contributed by atoms with Gasteiger partial charge < -0.3 is 0 Å². The van der Waals surface area contributed by atoms with Crippen molar-refractivity contribution < 1.29 is 4.79 Å². The summed E-state index contributed by atoms with van der Waals surface area (Å²) < 4.78 is 1.00. The van der Waals surface area contributed by atoms with Gasteiger partial charge in [-0.2, -0.15) is 5.10 Å². The second kappa shape index (κ2) is 8.74. The van der Waals surface area contributed by atoms with Crippen molar-refractivity contribution in [3.8, 4) is 0 Å². The Morgan fingerprint density at radius 1 is 1.06 bits per heavy atom. The molecule has 2 aliphatic heterocycles. The second-order valence-electron chi connectivity index (χ2n) is 8.56. The highest BCUT2D eigenvalue weighted by Gasteiger charge is 2.38. The third-order valence-electron chi connectivity index (χ3n) is 6.57. The first-order valence-corrected chi connectivity index (χ1v) is 12.2. The smallest absolute Gasteiger partial charge is 0.281 e. The van der Waals surface area contributed by atoms with Crippen LogP contribution in [0.15, 0.2) is 52.0 Å². The molecule has 5 nitrogen and oxygen atoms in total. The Morgan fingerprint density at radius 3 is 2.45 bits per heavy atom. The van der Waals surface area contributed by atoms with E-state index >= 15 is 0 Å². The van der Waals surface area contributed by atoms with Gasteiger partial charge in [0.2, 0.25) is 0 Å². The summed E-state index contributed by atoms with van der Waals surface area (Å²) in [6, 6.07) is 13.3. The lowest BCUT2D eigenvalue weighted by Crippen LogP contribution is -2.44. The van der Waals surface area contributed by atoms with Gasteiger partial charge in [-0.25, -0.2) is 5.01 Å². The number of carbonyl (C=O) groups excluding carboxylic acids is 1. The van der Waals surface area contributed by atoms with Crippen molar-refractivity contribution in [2.45, 2.75) is 31.7 Å². The van der Waals surface area contributed by atoms with Gasteiger partial charge in [0.15, 0.2) is 0 Å².